The predicted octanol–water partition coefficient (Wildman–Crippen LogP) is 5.95. The van der Waals surface area contributed by atoms with E-state index in [0.717, 1.165) is 29.1 Å². The third-order valence-corrected chi connectivity index (χ3v) is 4.87. The summed E-state index contributed by atoms with van der Waals surface area (Å²) in [6, 6.07) is 10.1. The summed E-state index contributed by atoms with van der Waals surface area (Å²) in [5.74, 6) is 2.39. The molecule has 29 heavy (non-hydrogen) atoms. The molecule has 2 heterocycles. The van der Waals surface area contributed by atoms with Gasteiger partial charge in [-0.3, -0.25) is 4.40 Å². The smallest absolute Gasteiger partial charge is 0.161 e. The van der Waals surface area contributed by atoms with Gasteiger partial charge in [-0.15, -0.1) is 0 Å². The Hall–Kier alpha value is -2.69. The van der Waals surface area contributed by atoms with Crippen LogP contribution in [0.1, 0.15) is 46.6 Å². The van der Waals surface area contributed by atoms with Crippen LogP contribution in [0.2, 0.25) is 0 Å². The van der Waals surface area contributed by atoms with Crippen molar-refractivity contribution >= 4 is 11.5 Å². The predicted molar refractivity (Wildman–Crippen MR) is 120 cm³/mol. The van der Waals surface area contributed by atoms with E-state index in [9.17, 15) is 0 Å². The minimum atomic E-state index is -0.107. The Morgan fingerprint density at radius 3 is 2.28 bits per heavy atom. The maximum atomic E-state index is 5.52. The number of nitrogens with one attached hydrogen (secondary N) is 1. The molecule has 0 amide bonds. The maximum absolute atomic E-state index is 5.52. The molecular weight excluding hydrogens is 362 g/mol. The van der Waals surface area contributed by atoms with Crippen molar-refractivity contribution in [3.05, 3.63) is 42.1 Å². The monoisotopic (exact) mass is 395 g/mol. The molecule has 0 fully saturated rings. The van der Waals surface area contributed by atoms with Crippen LogP contribution in [0.5, 0.6) is 11.5 Å². The summed E-state index contributed by atoms with van der Waals surface area (Å²) in [5.41, 5.74) is 4.09. The molecule has 0 radical (unpaired) electrons. The molecule has 0 saturated carbocycles. The van der Waals surface area contributed by atoms with Crippen LogP contribution < -0.4 is 14.8 Å². The summed E-state index contributed by atoms with van der Waals surface area (Å²) in [6.45, 7) is 13.4. The fourth-order valence-corrected chi connectivity index (χ4v) is 4.14. The summed E-state index contributed by atoms with van der Waals surface area (Å²) < 4.78 is 13.0. The van der Waals surface area contributed by atoms with Crippen LogP contribution >= 0.6 is 0 Å². The zero-order valence-corrected chi connectivity index (χ0v) is 18.9. The molecule has 0 aliphatic heterocycles. The van der Waals surface area contributed by atoms with E-state index in [1.54, 1.807) is 14.2 Å². The second kappa shape index (κ2) is 7.62. The quantitative estimate of drug-likeness (QED) is 0.560. The maximum Gasteiger partial charge on any atom is 0.161 e. The van der Waals surface area contributed by atoms with Gasteiger partial charge in [-0.2, -0.15) is 0 Å². The van der Waals surface area contributed by atoms with E-state index in [2.05, 4.69) is 69.6 Å². The highest BCUT2D eigenvalue weighted by Crippen LogP contribution is 2.38. The van der Waals surface area contributed by atoms with Crippen LogP contribution in [0.25, 0.3) is 16.9 Å². The zero-order chi connectivity index (χ0) is 21.4. The van der Waals surface area contributed by atoms with Crippen molar-refractivity contribution in [3.8, 4) is 22.8 Å². The number of imidazole rings is 1. The first-order valence-corrected chi connectivity index (χ1v) is 10.0. The van der Waals surface area contributed by atoms with Gasteiger partial charge in [0.1, 0.15) is 17.2 Å². The average molecular weight is 396 g/mol. The lowest BCUT2D eigenvalue weighted by molar-refractivity contribution is 0.302. The number of anilines is 1. The summed E-state index contributed by atoms with van der Waals surface area (Å²) in [4.78, 5) is 4.96. The van der Waals surface area contributed by atoms with Crippen molar-refractivity contribution in [1.29, 1.82) is 0 Å². The van der Waals surface area contributed by atoms with Gasteiger partial charge in [0, 0.05) is 17.3 Å². The normalized spacial score (nSPS) is 12.3. The van der Waals surface area contributed by atoms with Gasteiger partial charge >= 0.3 is 0 Å². The van der Waals surface area contributed by atoms with Crippen molar-refractivity contribution in [3.63, 3.8) is 0 Å². The van der Waals surface area contributed by atoms with Crippen molar-refractivity contribution in [2.24, 2.45) is 5.41 Å². The molecule has 0 saturated heterocycles. The standard InChI is InChI=1S/C24H33N3O2/c1-16-11-12-27-20(13-16)25-21(17-9-10-18(28-7)19(14-17)29-8)22(27)26-24(5,6)15-23(2,3)4/h9-14,26H,15H2,1-8H3. The number of hydrogen-bond donors (Lipinski definition) is 1. The fourth-order valence-electron chi connectivity index (χ4n) is 4.14. The van der Waals surface area contributed by atoms with E-state index >= 15 is 0 Å². The average Bonchev–Trinajstić information content (AvgIpc) is 2.95. The van der Waals surface area contributed by atoms with Gasteiger partial charge in [0.2, 0.25) is 0 Å². The minimum absolute atomic E-state index is 0.107. The number of ether oxygens (including phenoxy) is 2. The third kappa shape index (κ3) is 4.66. The molecular formula is C24H33N3O2. The first-order valence-electron chi connectivity index (χ1n) is 10.0. The molecule has 3 aromatic rings. The molecule has 1 aromatic carbocycles. The highest BCUT2D eigenvalue weighted by atomic mass is 16.5. The molecule has 0 spiro atoms. The molecule has 5 nitrogen and oxygen atoms in total. The molecule has 2 aromatic heterocycles. The number of aryl methyl sites for hydroxylation is 1. The molecule has 5 heteroatoms. The number of methoxy groups -OCH3 is 2. The molecule has 3 rings (SSSR count). The van der Waals surface area contributed by atoms with Crippen molar-refractivity contribution in [2.75, 3.05) is 19.5 Å². The largest absolute Gasteiger partial charge is 0.493 e. The molecule has 0 aliphatic carbocycles. The van der Waals surface area contributed by atoms with Gasteiger partial charge in [-0.1, -0.05) is 20.8 Å². The molecule has 0 atom stereocenters. The third-order valence-electron chi connectivity index (χ3n) is 4.87. The Morgan fingerprint density at radius 1 is 0.966 bits per heavy atom. The Morgan fingerprint density at radius 2 is 1.66 bits per heavy atom. The van der Waals surface area contributed by atoms with Gasteiger partial charge in [-0.25, -0.2) is 4.98 Å². The van der Waals surface area contributed by atoms with Crippen LogP contribution in [0, 0.1) is 12.3 Å². The van der Waals surface area contributed by atoms with Crippen LogP contribution in [0.15, 0.2) is 36.5 Å². The fraction of sp³-hybridized carbons (Fsp3) is 0.458. The Bertz CT molecular complexity index is 1010. The lowest BCUT2D eigenvalue weighted by atomic mass is 9.82. The van der Waals surface area contributed by atoms with E-state index < -0.39 is 0 Å². The van der Waals surface area contributed by atoms with Crippen molar-refractivity contribution in [1.82, 2.24) is 9.38 Å². The van der Waals surface area contributed by atoms with Crippen LogP contribution in [-0.4, -0.2) is 29.1 Å². The van der Waals surface area contributed by atoms with E-state index in [1.165, 1.54) is 5.56 Å². The molecule has 0 bridgehead atoms. The number of fused-ring (bicyclic) bond motifs is 1. The zero-order valence-electron chi connectivity index (χ0n) is 18.9. The highest BCUT2D eigenvalue weighted by Gasteiger charge is 2.28. The van der Waals surface area contributed by atoms with Crippen molar-refractivity contribution < 1.29 is 9.47 Å². The first kappa shape index (κ1) is 21.0. The molecule has 0 aliphatic rings. The first-order chi connectivity index (χ1) is 13.5. The second-order valence-electron chi connectivity index (χ2n) is 9.56. The van der Waals surface area contributed by atoms with Crippen LogP contribution in [0.4, 0.5) is 5.82 Å². The lowest BCUT2D eigenvalue weighted by Crippen LogP contribution is -2.36. The van der Waals surface area contributed by atoms with Crippen LogP contribution in [0.3, 0.4) is 0 Å². The van der Waals surface area contributed by atoms with Gasteiger partial charge in [0.05, 0.1) is 14.2 Å². The summed E-state index contributed by atoms with van der Waals surface area (Å²) in [6.07, 6.45) is 3.10. The summed E-state index contributed by atoms with van der Waals surface area (Å²) >= 11 is 0. The van der Waals surface area contributed by atoms with E-state index in [4.69, 9.17) is 14.5 Å². The summed E-state index contributed by atoms with van der Waals surface area (Å²) in [5, 5.41) is 3.78. The van der Waals surface area contributed by atoms with Gasteiger partial charge in [0.25, 0.3) is 0 Å². The number of hydrogen-bond acceptors (Lipinski definition) is 4. The van der Waals surface area contributed by atoms with Gasteiger partial charge in [-0.05, 0) is 68.5 Å². The molecule has 1 N–H and O–H groups in total. The van der Waals surface area contributed by atoms with Crippen LogP contribution in [-0.2, 0) is 0 Å². The number of benzene rings is 1. The highest BCUT2D eigenvalue weighted by molar-refractivity contribution is 5.78. The Labute approximate surface area is 174 Å². The Balaban J connectivity index is 2.16. The van der Waals surface area contributed by atoms with E-state index in [0.29, 0.717) is 11.5 Å². The molecule has 0 unspecified atom stereocenters. The van der Waals surface area contributed by atoms with Gasteiger partial charge in [0.15, 0.2) is 11.5 Å². The Kier molecular flexibility index (Phi) is 5.52. The minimum Gasteiger partial charge on any atom is -0.493 e. The summed E-state index contributed by atoms with van der Waals surface area (Å²) in [7, 11) is 3.30. The van der Waals surface area contributed by atoms with Gasteiger partial charge < -0.3 is 14.8 Å². The number of pyridine rings is 1. The SMILES string of the molecule is COc1ccc(-c2nc3cc(C)ccn3c2NC(C)(C)CC(C)(C)C)cc1OC. The lowest BCUT2D eigenvalue weighted by Gasteiger charge is -2.34. The van der Waals surface area contributed by atoms with E-state index in [-0.39, 0.29) is 11.0 Å². The van der Waals surface area contributed by atoms with E-state index in [1.807, 2.05) is 18.2 Å². The second-order valence-corrected chi connectivity index (χ2v) is 9.56. The number of nitrogens with zero attached hydrogens (tertiary/aromatic N) is 2. The topological polar surface area (TPSA) is 47.8 Å². The number of aromatic nitrogens is 2. The number of rotatable bonds is 6. The van der Waals surface area contributed by atoms with Crippen molar-refractivity contribution in [2.45, 2.75) is 53.5 Å². The molecule has 156 valence electrons.